The highest BCUT2D eigenvalue weighted by molar-refractivity contribution is 5.84. The van der Waals surface area contributed by atoms with E-state index < -0.39 is 5.97 Å². The Hall–Kier alpha value is -2.56. The molecule has 2 rings (SSSR count). The number of rotatable bonds is 8. The minimum Gasteiger partial charge on any atom is -0.494 e. The molecule has 24 heavy (non-hydrogen) atoms. The highest BCUT2D eigenvalue weighted by atomic mass is 16.5. The number of carbonyl (C=O) groups excluding carboxylic acids is 2. The lowest BCUT2D eigenvalue weighted by Crippen LogP contribution is -2.30. The van der Waals surface area contributed by atoms with Crippen molar-refractivity contribution >= 4 is 22.6 Å². The van der Waals surface area contributed by atoms with Crippen molar-refractivity contribution in [2.24, 2.45) is 0 Å². The largest absolute Gasteiger partial charge is 0.494 e. The van der Waals surface area contributed by atoms with Crippen LogP contribution in [0.15, 0.2) is 36.4 Å². The van der Waals surface area contributed by atoms with Gasteiger partial charge in [0.1, 0.15) is 12.3 Å². The Kier molecular flexibility index (Phi) is 6.61. The van der Waals surface area contributed by atoms with Crippen molar-refractivity contribution in [1.82, 2.24) is 5.32 Å². The van der Waals surface area contributed by atoms with Gasteiger partial charge in [0, 0.05) is 6.42 Å². The Morgan fingerprint density at radius 1 is 1.08 bits per heavy atom. The lowest BCUT2D eigenvalue weighted by molar-refractivity contribution is -0.143. The van der Waals surface area contributed by atoms with Gasteiger partial charge in [0.15, 0.2) is 0 Å². The van der Waals surface area contributed by atoms with Crippen molar-refractivity contribution < 1.29 is 19.1 Å². The number of hydrogen-bond acceptors (Lipinski definition) is 4. The predicted molar refractivity (Wildman–Crippen MR) is 93.1 cm³/mol. The zero-order valence-electron chi connectivity index (χ0n) is 14.1. The number of carbonyl (C=O) groups is 2. The van der Waals surface area contributed by atoms with Gasteiger partial charge < -0.3 is 14.8 Å². The number of ether oxygens (including phenoxy) is 2. The summed E-state index contributed by atoms with van der Waals surface area (Å²) >= 11 is 0. The van der Waals surface area contributed by atoms with Crippen molar-refractivity contribution in [3.05, 3.63) is 42.0 Å². The molecule has 5 heteroatoms. The molecule has 5 nitrogen and oxygen atoms in total. The van der Waals surface area contributed by atoms with Gasteiger partial charge in [0.05, 0.1) is 13.2 Å². The number of fused-ring (bicyclic) bond motifs is 1. The molecule has 0 fully saturated rings. The van der Waals surface area contributed by atoms with Gasteiger partial charge in [-0.3, -0.25) is 9.59 Å². The Bertz CT molecular complexity index is 712. The molecule has 2 aromatic carbocycles. The monoisotopic (exact) mass is 329 g/mol. The Morgan fingerprint density at radius 3 is 2.62 bits per heavy atom. The second-order valence-electron chi connectivity index (χ2n) is 5.55. The van der Waals surface area contributed by atoms with Crippen molar-refractivity contribution in [2.45, 2.75) is 26.7 Å². The number of benzene rings is 2. The molecule has 0 saturated heterocycles. The Morgan fingerprint density at radius 2 is 1.83 bits per heavy atom. The molecule has 0 heterocycles. The summed E-state index contributed by atoms with van der Waals surface area (Å²) in [4.78, 5) is 22.7. The minimum atomic E-state index is -0.423. The number of amides is 1. The van der Waals surface area contributed by atoms with E-state index in [9.17, 15) is 9.59 Å². The molecular weight excluding hydrogens is 306 g/mol. The Balaban J connectivity index is 1.71. The number of hydrogen-bond donors (Lipinski definition) is 1. The second-order valence-corrected chi connectivity index (χ2v) is 5.55. The van der Waals surface area contributed by atoms with E-state index in [-0.39, 0.29) is 12.5 Å². The van der Waals surface area contributed by atoms with Crippen LogP contribution in [0.3, 0.4) is 0 Å². The standard InChI is InChI=1S/C19H23NO4/c1-3-23-19(22)13-20-18(21)5-4-10-24-17-9-8-15-11-14(2)6-7-16(15)12-17/h6-9,11-12H,3-5,10,13H2,1-2H3,(H,20,21). The van der Waals surface area contributed by atoms with Crippen molar-refractivity contribution in [3.8, 4) is 5.75 Å². The highest BCUT2D eigenvalue weighted by Gasteiger charge is 2.06. The summed E-state index contributed by atoms with van der Waals surface area (Å²) in [5.41, 5.74) is 1.23. The number of nitrogens with one attached hydrogen (secondary N) is 1. The molecule has 0 aromatic heterocycles. The number of aryl methyl sites for hydroxylation is 1. The zero-order chi connectivity index (χ0) is 17.4. The summed E-state index contributed by atoms with van der Waals surface area (Å²) in [5, 5.41) is 4.84. The fraction of sp³-hybridized carbons (Fsp3) is 0.368. The predicted octanol–water partition coefficient (Wildman–Crippen LogP) is 2.99. The first kappa shape index (κ1) is 17.8. The van der Waals surface area contributed by atoms with Gasteiger partial charge in [-0.05, 0) is 43.2 Å². The average molecular weight is 329 g/mol. The van der Waals surface area contributed by atoms with Gasteiger partial charge in [-0.2, -0.15) is 0 Å². The van der Waals surface area contributed by atoms with Crippen molar-refractivity contribution in [1.29, 1.82) is 0 Å². The van der Waals surface area contributed by atoms with Crippen LogP contribution < -0.4 is 10.1 Å². The Labute approximate surface area is 141 Å². The first-order valence-electron chi connectivity index (χ1n) is 8.14. The average Bonchev–Trinajstić information content (AvgIpc) is 2.57. The second kappa shape index (κ2) is 8.91. The van der Waals surface area contributed by atoms with Gasteiger partial charge in [-0.15, -0.1) is 0 Å². The van der Waals surface area contributed by atoms with Crippen LogP contribution in [0.1, 0.15) is 25.3 Å². The smallest absolute Gasteiger partial charge is 0.325 e. The SMILES string of the molecule is CCOC(=O)CNC(=O)CCCOc1ccc2cc(C)ccc2c1. The summed E-state index contributed by atoms with van der Waals surface area (Å²) in [5.74, 6) is 0.187. The van der Waals surface area contributed by atoms with Crippen LogP contribution in [0.2, 0.25) is 0 Å². The zero-order valence-corrected chi connectivity index (χ0v) is 14.1. The van der Waals surface area contributed by atoms with Crippen LogP contribution in [-0.4, -0.2) is 31.6 Å². The molecular formula is C19H23NO4. The first-order chi connectivity index (χ1) is 11.6. The fourth-order valence-electron chi connectivity index (χ4n) is 2.33. The fourth-order valence-corrected chi connectivity index (χ4v) is 2.33. The molecule has 0 unspecified atom stereocenters. The third-order valence-electron chi connectivity index (χ3n) is 3.52. The molecule has 0 atom stereocenters. The van der Waals surface area contributed by atoms with Gasteiger partial charge in [-0.25, -0.2) is 0 Å². The maximum atomic E-state index is 11.6. The third-order valence-corrected chi connectivity index (χ3v) is 3.52. The molecule has 0 aliphatic rings. The van der Waals surface area contributed by atoms with Crippen LogP contribution in [0.4, 0.5) is 0 Å². The van der Waals surface area contributed by atoms with Crippen LogP contribution in [-0.2, 0) is 14.3 Å². The summed E-state index contributed by atoms with van der Waals surface area (Å²) in [6, 6.07) is 12.2. The van der Waals surface area contributed by atoms with Gasteiger partial charge >= 0.3 is 5.97 Å². The molecule has 0 aliphatic heterocycles. The third kappa shape index (κ3) is 5.57. The maximum Gasteiger partial charge on any atom is 0.325 e. The first-order valence-corrected chi connectivity index (χ1v) is 8.14. The summed E-state index contributed by atoms with van der Waals surface area (Å²) in [6.45, 7) is 4.47. The summed E-state index contributed by atoms with van der Waals surface area (Å²) in [6.07, 6.45) is 0.896. The molecule has 0 aliphatic carbocycles. The van der Waals surface area contributed by atoms with Crippen LogP contribution in [0.25, 0.3) is 10.8 Å². The van der Waals surface area contributed by atoms with E-state index in [1.54, 1.807) is 6.92 Å². The lowest BCUT2D eigenvalue weighted by Gasteiger charge is -2.08. The summed E-state index contributed by atoms with van der Waals surface area (Å²) < 4.78 is 10.4. The van der Waals surface area contributed by atoms with Gasteiger partial charge in [0.2, 0.25) is 5.91 Å². The van der Waals surface area contributed by atoms with Crippen LogP contribution in [0, 0.1) is 6.92 Å². The quantitative estimate of drug-likeness (QED) is 0.597. The highest BCUT2D eigenvalue weighted by Crippen LogP contribution is 2.22. The summed E-state index contributed by atoms with van der Waals surface area (Å²) in [7, 11) is 0. The molecule has 0 spiro atoms. The van der Waals surface area contributed by atoms with E-state index in [4.69, 9.17) is 9.47 Å². The minimum absolute atomic E-state index is 0.0857. The molecule has 0 bridgehead atoms. The molecule has 128 valence electrons. The van der Waals surface area contributed by atoms with E-state index in [1.807, 2.05) is 18.2 Å². The van der Waals surface area contributed by atoms with Gasteiger partial charge in [0.25, 0.3) is 0 Å². The molecule has 0 saturated carbocycles. The van der Waals surface area contributed by atoms with Gasteiger partial charge in [-0.1, -0.05) is 29.8 Å². The van der Waals surface area contributed by atoms with E-state index in [0.717, 1.165) is 11.1 Å². The van der Waals surface area contributed by atoms with Crippen LogP contribution in [0.5, 0.6) is 5.75 Å². The van der Waals surface area contributed by atoms with Crippen LogP contribution >= 0.6 is 0 Å². The maximum absolute atomic E-state index is 11.6. The van der Waals surface area contributed by atoms with E-state index >= 15 is 0 Å². The van der Waals surface area contributed by atoms with Crippen molar-refractivity contribution in [3.63, 3.8) is 0 Å². The van der Waals surface area contributed by atoms with E-state index in [0.29, 0.717) is 26.1 Å². The van der Waals surface area contributed by atoms with E-state index in [2.05, 4.69) is 30.4 Å². The lowest BCUT2D eigenvalue weighted by atomic mass is 10.1. The topological polar surface area (TPSA) is 64.6 Å². The number of esters is 1. The normalized spacial score (nSPS) is 10.4. The molecule has 2 aromatic rings. The molecule has 1 N–H and O–H groups in total. The molecule has 1 amide bonds. The van der Waals surface area contributed by atoms with E-state index in [1.165, 1.54) is 10.9 Å². The van der Waals surface area contributed by atoms with Crippen molar-refractivity contribution in [2.75, 3.05) is 19.8 Å². The molecule has 0 radical (unpaired) electrons.